The highest BCUT2D eigenvalue weighted by Crippen LogP contribution is 2.32. The molecule has 0 radical (unpaired) electrons. The fraction of sp³-hybridized carbons (Fsp3) is 0.931. The number of hydrogen-bond donors (Lipinski definition) is 2. The topological polar surface area (TPSA) is 93.9 Å². The molecule has 0 saturated carbocycles. The van der Waals surface area contributed by atoms with E-state index < -0.39 is 5.41 Å². The maximum absolute atomic E-state index is 13.2. The summed E-state index contributed by atoms with van der Waals surface area (Å²) in [6, 6.07) is 0.126. The van der Waals surface area contributed by atoms with Gasteiger partial charge in [-0.25, -0.2) is 0 Å². The highest BCUT2D eigenvalue weighted by molar-refractivity contribution is 5.82. The summed E-state index contributed by atoms with van der Waals surface area (Å²) in [6.07, 6.45) is 4.05. The highest BCUT2D eigenvalue weighted by Gasteiger charge is 2.34. The predicted octanol–water partition coefficient (Wildman–Crippen LogP) is 5.16. The van der Waals surface area contributed by atoms with Gasteiger partial charge in [0.05, 0.1) is 12.2 Å². The van der Waals surface area contributed by atoms with Crippen LogP contribution < -0.4 is 11.1 Å². The molecule has 0 aliphatic heterocycles. The lowest BCUT2D eigenvalue weighted by molar-refractivity contribution is -0.143. The summed E-state index contributed by atoms with van der Waals surface area (Å²) in [5.41, 5.74) is 4.68. The first kappa shape index (κ1) is 34.8. The lowest BCUT2D eigenvalue weighted by atomic mass is 9.79. The summed E-state index contributed by atoms with van der Waals surface area (Å²) in [6.45, 7) is 26.1. The molecule has 214 valence electrons. The molecule has 36 heavy (non-hydrogen) atoms. The molecule has 3 N–H and O–H groups in total. The van der Waals surface area contributed by atoms with Crippen molar-refractivity contribution in [2.75, 3.05) is 39.5 Å². The molecule has 0 heterocycles. The van der Waals surface area contributed by atoms with Crippen molar-refractivity contribution in [3.05, 3.63) is 0 Å². The summed E-state index contributed by atoms with van der Waals surface area (Å²) in [4.78, 5) is 27.8. The van der Waals surface area contributed by atoms with Crippen LogP contribution in [0.15, 0.2) is 0 Å². The van der Waals surface area contributed by atoms with Gasteiger partial charge in [-0.15, -0.1) is 0 Å². The number of rotatable bonds is 18. The van der Waals surface area contributed by atoms with Crippen LogP contribution in [0.5, 0.6) is 0 Å². The Morgan fingerprint density at radius 1 is 0.833 bits per heavy atom. The first-order chi connectivity index (χ1) is 16.3. The Bertz CT molecular complexity index is 651. The van der Waals surface area contributed by atoms with Gasteiger partial charge in [-0.05, 0) is 71.8 Å². The Labute approximate surface area is 222 Å². The second kappa shape index (κ2) is 15.3. The Morgan fingerprint density at radius 2 is 1.44 bits per heavy atom. The van der Waals surface area contributed by atoms with Crippen molar-refractivity contribution < 1.29 is 19.1 Å². The monoisotopic (exact) mass is 513 g/mol. The van der Waals surface area contributed by atoms with Crippen molar-refractivity contribution in [2.24, 2.45) is 22.0 Å². The van der Waals surface area contributed by atoms with Gasteiger partial charge < -0.3 is 25.4 Å². The molecule has 0 aromatic rings. The molecule has 0 aliphatic carbocycles. The number of carbonyl (C=O) groups excluding carboxylic acids is 2. The first-order valence-electron chi connectivity index (χ1n) is 13.9. The van der Waals surface area contributed by atoms with Crippen LogP contribution in [0.2, 0.25) is 0 Å². The second-order valence-electron chi connectivity index (χ2n) is 13.5. The van der Waals surface area contributed by atoms with E-state index in [1.807, 2.05) is 32.6 Å². The molecule has 0 unspecified atom stereocenters. The Balaban J connectivity index is 4.35. The minimum absolute atomic E-state index is 0.0248. The van der Waals surface area contributed by atoms with Crippen LogP contribution in [-0.2, 0) is 19.1 Å². The normalized spacial score (nSPS) is 13.2. The third-order valence-corrected chi connectivity index (χ3v) is 6.77. The molecule has 0 saturated heterocycles. The fourth-order valence-electron chi connectivity index (χ4n) is 3.77. The van der Waals surface area contributed by atoms with E-state index in [1.54, 1.807) is 0 Å². The Kier molecular flexibility index (Phi) is 14.8. The van der Waals surface area contributed by atoms with Gasteiger partial charge in [0.25, 0.3) is 0 Å². The van der Waals surface area contributed by atoms with Gasteiger partial charge in [-0.1, -0.05) is 48.5 Å². The van der Waals surface area contributed by atoms with E-state index in [2.05, 4.69) is 53.8 Å². The summed E-state index contributed by atoms with van der Waals surface area (Å²) >= 11 is 0. The maximum atomic E-state index is 13.2. The quantitative estimate of drug-likeness (QED) is 0.247. The number of nitrogens with zero attached hydrogens (tertiary/aromatic N) is 1. The van der Waals surface area contributed by atoms with Gasteiger partial charge in [0.15, 0.2) is 0 Å². The number of ether oxygens (including phenoxy) is 2. The van der Waals surface area contributed by atoms with Crippen LogP contribution in [-0.4, -0.2) is 67.8 Å². The van der Waals surface area contributed by atoms with Gasteiger partial charge in [0.1, 0.15) is 0 Å². The first-order valence-corrected chi connectivity index (χ1v) is 13.9. The molecule has 0 aromatic carbocycles. The number of carbonyl (C=O) groups is 2. The molecular formula is C29H59N3O4. The third-order valence-electron chi connectivity index (χ3n) is 6.77. The summed E-state index contributed by atoms with van der Waals surface area (Å²) in [5.74, 6) is 0.215. The summed E-state index contributed by atoms with van der Waals surface area (Å²) in [5, 5.41) is 3.02. The van der Waals surface area contributed by atoms with E-state index in [-0.39, 0.29) is 34.3 Å². The summed E-state index contributed by atoms with van der Waals surface area (Å²) < 4.78 is 11.7. The van der Waals surface area contributed by atoms with E-state index in [1.165, 1.54) is 0 Å². The van der Waals surface area contributed by atoms with Crippen LogP contribution in [0.1, 0.15) is 108 Å². The van der Waals surface area contributed by atoms with Gasteiger partial charge in [0.2, 0.25) is 11.8 Å². The van der Waals surface area contributed by atoms with E-state index in [9.17, 15) is 9.59 Å². The number of hydrogen-bond acceptors (Lipinski definition) is 5. The second-order valence-corrected chi connectivity index (χ2v) is 13.5. The smallest absolute Gasteiger partial charge is 0.228 e. The van der Waals surface area contributed by atoms with Crippen molar-refractivity contribution in [1.82, 2.24) is 10.2 Å². The van der Waals surface area contributed by atoms with Crippen LogP contribution in [0.4, 0.5) is 0 Å². The van der Waals surface area contributed by atoms with Gasteiger partial charge in [-0.3, -0.25) is 9.59 Å². The molecule has 2 amide bonds. The summed E-state index contributed by atoms with van der Waals surface area (Å²) in [7, 11) is 0. The van der Waals surface area contributed by atoms with Crippen molar-refractivity contribution in [3.63, 3.8) is 0 Å². The zero-order chi connectivity index (χ0) is 28.2. The van der Waals surface area contributed by atoms with E-state index >= 15 is 0 Å². The zero-order valence-corrected chi connectivity index (χ0v) is 25.5. The minimum atomic E-state index is -0.502. The largest absolute Gasteiger partial charge is 0.380 e. The van der Waals surface area contributed by atoms with E-state index in [0.717, 1.165) is 25.7 Å². The minimum Gasteiger partial charge on any atom is -0.380 e. The molecule has 0 aliphatic rings. The van der Waals surface area contributed by atoms with Crippen LogP contribution >= 0.6 is 0 Å². The fourth-order valence-corrected chi connectivity index (χ4v) is 3.77. The van der Waals surface area contributed by atoms with Crippen molar-refractivity contribution in [1.29, 1.82) is 0 Å². The predicted molar refractivity (Wildman–Crippen MR) is 150 cm³/mol. The number of amides is 2. The molecule has 0 spiro atoms. The average Bonchev–Trinajstić information content (AvgIpc) is 2.72. The molecule has 7 heteroatoms. The lowest BCUT2D eigenvalue weighted by Crippen LogP contribution is -2.46. The number of nitrogens with one attached hydrogen (secondary N) is 1. The van der Waals surface area contributed by atoms with E-state index in [4.69, 9.17) is 15.2 Å². The molecule has 0 aromatic heterocycles. The molecule has 0 rings (SSSR count). The molecule has 0 atom stereocenters. The standard InChI is InChI=1S/C29H59N3O4/c1-23(2)32(25(34)28(8,9)14-13-26(3,4)5)19-22-35-20-12-18-31-24(33)27(6,7)16-21-36-29(10,11)15-17-30/h23H,12-22,30H2,1-11H3,(H,31,33). The van der Waals surface area contributed by atoms with Crippen LogP contribution in [0.25, 0.3) is 0 Å². The van der Waals surface area contributed by atoms with E-state index in [0.29, 0.717) is 45.9 Å². The van der Waals surface area contributed by atoms with Crippen molar-refractivity contribution in [3.8, 4) is 0 Å². The van der Waals surface area contributed by atoms with Crippen molar-refractivity contribution in [2.45, 2.75) is 120 Å². The Hall–Kier alpha value is -1.18. The zero-order valence-electron chi connectivity index (χ0n) is 25.5. The maximum Gasteiger partial charge on any atom is 0.228 e. The Morgan fingerprint density at radius 3 is 1.97 bits per heavy atom. The van der Waals surface area contributed by atoms with Gasteiger partial charge >= 0.3 is 0 Å². The molecule has 7 nitrogen and oxygen atoms in total. The van der Waals surface area contributed by atoms with Crippen LogP contribution in [0, 0.1) is 16.2 Å². The van der Waals surface area contributed by atoms with Crippen LogP contribution in [0.3, 0.4) is 0 Å². The molecular weight excluding hydrogens is 454 g/mol. The lowest BCUT2D eigenvalue weighted by Gasteiger charge is -2.36. The SMILES string of the molecule is CC(C)N(CCOCCCNC(=O)C(C)(C)CCOC(C)(C)CCN)C(=O)C(C)(C)CCC(C)(C)C. The van der Waals surface area contributed by atoms with Gasteiger partial charge in [-0.2, -0.15) is 0 Å². The molecule has 0 fully saturated rings. The number of nitrogens with two attached hydrogens (primary N) is 1. The third kappa shape index (κ3) is 14.5. The average molecular weight is 514 g/mol. The van der Waals surface area contributed by atoms with Gasteiger partial charge in [0, 0.05) is 43.2 Å². The highest BCUT2D eigenvalue weighted by atomic mass is 16.5. The van der Waals surface area contributed by atoms with Crippen molar-refractivity contribution >= 4 is 11.8 Å². The molecule has 0 bridgehead atoms.